The van der Waals surface area contributed by atoms with Crippen LogP contribution in [0.15, 0.2) is 0 Å². The Hall–Kier alpha value is -1.06. The number of hydrogen-bond acceptors (Lipinski definition) is 3. The van der Waals surface area contributed by atoms with Crippen LogP contribution in [0.25, 0.3) is 0 Å². The third-order valence-corrected chi connectivity index (χ3v) is 2.82. The van der Waals surface area contributed by atoms with E-state index in [1.54, 1.807) is 0 Å². The maximum absolute atomic E-state index is 11.5. The average molecular weight is 216 g/mol. The normalized spacial score (nSPS) is 13.3. The van der Waals surface area contributed by atoms with E-state index in [1.165, 1.54) is 7.11 Å². The van der Waals surface area contributed by atoms with E-state index in [0.29, 0.717) is 12.8 Å². The smallest absolute Gasteiger partial charge is 0.309 e. The summed E-state index contributed by atoms with van der Waals surface area (Å²) in [5.41, 5.74) is -0.333. The van der Waals surface area contributed by atoms with Gasteiger partial charge in [0.15, 0.2) is 0 Å². The second-order valence-corrected chi connectivity index (χ2v) is 4.37. The first kappa shape index (κ1) is 13.9. The third kappa shape index (κ3) is 4.32. The largest absolute Gasteiger partial charge is 0.481 e. The van der Waals surface area contributed by atoms with Crippen molar-refractivity contribution < 1.29 is 19.4 Å². The van der Waals surface area contributed by atoms with E-state index < -0.39 is 5.97 Å². The Bertz CT molecular complexity index is 233. The van der Waals surface area contributed by atoms with Crippen molar-refractivity contribution in [2.45, 2.75) is 40.0 Å². The first-order valence-electron chi connectivity index (χ1n) is 5.14. The monoisotopic (exact) mass is 216 g/mol. The van der Waals surface area contributed by atoms with Gasteiger partial charge in [-0.25, -0.2) is 0 Å². The van der Waals surface area contributed by atoms with Crippen molar-refractivity contribution >= 4 is 11.9 Å². The molecule has 0 radical (unpaired) electrons. The van der Waals surface area contributed by atoms with Crippen LogP contribution in [-0.4, -0.2) is 24.2 Å². The number of ether oxygens (including phenoxy) is 1. The summed E-state index contributed by atoms with van der Waals surface area (Å²) in [4.78, 5) is 21.9. The molecule has 0 aromatic carbocycles. The molecule has 15 heavy (non-hydrogen) atoms. The average Bonchev–Trinajstić information content (AvgIpc) is 2.15. The molecule has 88 valence electrons. The molecule has 1 N–H and O–H groups in total. The number of methoxy groups -OCH3 is 1. The molecule has 0 fully saturated rings. The Morgan fingerprint density at radius 3 is 2.27 bits per heavy atom. The highest BCUT2D eigenvalue weighted by Gasteiger charge is 2.34. The topological polar surface area (TPSA) is 63.6 Å². The maximum atomic E-state index is 11.5. The van der Waals surface area contributed by atoms with Crippen molar-refractivity contribution in [2.24, 2.45) is 11.3 Å². The molecule has 0 aliphatic heterocycles. The SMILES string of the molecule is CCC(C(=O)OC)C(C)(C)CCC(=O)O. The molecule has 1 atom stereocenters. The summed E-state index contributed by atoms with van der Waals surface area (Å²) >= 11 is 0. The van der Waals surface area contributed by atoms with E-state index in [4.69, 9.17) is 9.84 Å². The van der Waals surface area contributed by atoms with Crippen LogP contribution in [0.4, 0.5) is 0 Å². The van der Waals surface area contributed by atoms with Crippen LogP contribution in [0.1, 0.15) is 40.0 Å². The highest BCUT2D eigenvalue weighted by Crippen LogP contribution is 2.34. The van der Waals surface area contributed by atoms with E-state index in [0.717, 1.165) is 0 Å². The van der Waals surface area contributed by atoms with Crippen molar-refractivity contribution in [1.82, 2.24) is 0 Å². The highest BCUT2D eigenvalue weighted by molar-refractivity contribution is 5.73. The van der Waals surface area contributed by atoms with E-state index in [-0.39, 0.29) is 23.7 Å². The van der Waals surface area contributed by atoms with E-state index in [9.17, 15) is 9.59 Å². The Morgan fingerprint density at radius 1 is 1.40 bits per heavy atom. The van der Waals surface area contributed by atoms with Crippen molar-refractivity contribution in [2.75, 3.05) is 7.11 Å². The first-order chi connectivity index (χ1) is 6.85. The van der Waals surface area contributed by atoms with Gasteiger partial charge >= 0.3 is 11.9 Å². The lowest BCUT2D eigenvalue weighted by atomic mass is 9.74. The van der Waals surface area contributed by atoms with E-state index >= 15 is 0 Å². The zero-order valence-corrected chi connectivity index (χ0v) is 9.87. The first-order valence-corrected chi connectivity index (χ1v) is 5.14. The van der Waals surface area contributed by atoms with Crippen LogP contribution >= 0.6 is 0 Å². The minimum absolute atomic E-state index is 0.0838. The van der Waals surface area contributed by atoms with Crippen LogP contribution in [0, 0.1) is 11.3 Å². The molecule has 0 saturated heterocycles. The van der Waals surface area contributed by atoms with Crippen LogP contribution in [0.2, 0.25) is 0 Å². The fraction of sp³-hybridized carbons (Fsp3) is 0.818. The Labute approximate surface area is 90.6 Å². The Morgan fingerprint density at radius 2 is 1.93 bits per heavy atom. The van der Waals surface area contributed by atoms with Crippen LogP contribution in [0.5, 0.6) is 0 Å². The van der Waals surface area contributed by atoms with Crippen LogP contribution in [0.3, 0.4) is 0 Å². The summed E-state index contributed by atoms with van der Waals surface area (Å²) in [5.74, 6) is -1.32. The van der Waals surface area contributed by atoms with Gasteiger partial charge in [-0.2, -0.15) is 0 Å². The molecule has 0 aliphatic carbocycles. The lowest BCUT2D eigenvalue weighted by Gasteiger charge is -2.31. The fourth-order valence-electron chi connectivity index (χ4n) is 1.78. The van der Waals surface area contributed by atoms with Gasteiger partial charge in [0, 0.05) is 6.42 Å². The molecule has 0 aromatic heterocycles. The number of esters is 1. The summed E-state index contributed by atoms with van der Waals surface area (Å²) in [6.07, 6.45) is 1.23. The van der Waals surface area contributed by atoms with Gasteiger partial charge in [0.2, 0.25) is 0 Å². The number of carbonyl (C=O) groups is 2. The number of hydrogen-bond donors (Lipinski definition) is 1. The summed E-state index contributed by atoms with van der Waals surface area (Å²) < 4.78 is 4.71. The molecular formula is C11H20O4. The second kappa shape index (κ2) is 5.73. The van der Waals surface area contributed by atoms with Gasteiger partial charge in [-0.15, -0.1) is 0 Å². The Kier molecular flexibility index (Phi) is 5.33. The van der Waals surface area contributed by atoms with Gasteiger partial charge in [0.25, 0.3) is 0 Å². The number of carboxylic acids is 1. The molecule has 0 saturated carbocycles. The van der Waals surface area contributed by atoms with Crippen molar-refractivity contribution in [3.8, 4) is 0 Å². The van der Waals surface area contributed by atoms with E-state index in [2.05, 4.69) is 0 Å². The van der Waals surface area contributed by atoms with Gasteiger partial charge in [-0.1, -0.05) is 20.8 Å². The summed E-state index contributed by atoms with van der Waals surface area (Å²) in [7, 11) is 1.36. The van der Waals surface area contributed by atoms with Crippen molar-refractivity contribution in [3.05, 3.63) is 0 Å². The number of rotatable bonds is 6. The lowest BCUT2D eigenvalue weighted by Crippen LogP contribution is -2.32. The molecule has 4 heteroatoms. The van der Waals surface area contributed by atoms with Crippen LogP contribution in [-0.2, 0) is 14.3 Å². The minimum Gasteiger partial charge on any atom is -0.481 e. The number of carboxylic acid groups (broad SMARTS) is 1. The molecule has 0 rings (SSSR count). The lowest BCUT2D eigenvalue weighted by molar-refractivity contribution is -0.151. The predicted molar refractivity (Wildman–Crippen MR) is 56.4 cm³/mol. The van der Waals surface area contributed by atoms with Gasteiger partial charge in [-0.3, -0.25) is 9.59 Å². The summed E-state index contributed by atoms with van der Waals surface area (Å²) in [6, 6.07) is 0. The standard InChI is InChI=1S/C11H20O4/c1-5-8(10(14)15-4)11(2,3)7-6-9(12)13/h8H,5-7H2,1-4H3,(H,12,13). The van der Waals surface area contributed by atoms with Crippen molar-refractivity contribution in [3.63, 3.8) is 0 Å². The van der Waals surface area contributed by atoms with E-state index in [1.807, 2.05) is 20.8 Å². The molecule has 0 amide bonds. The molecular weight excluding hydrogens is 196 g/mol. The van der Waals surface area contributed by atoms with Gasteiger partial charge < -0.3 is 9.84 Å². The molecule has 0 heterocycles. The maximum Gasteiger partial charge on any atom is 0.309 e. The quantitative estimate of drug-likeness (QED) is 0.690. The molecule has 4 nitrogen and oxygen atoms in total. The molecule has 1 unspecified atom stereocenters. The van der Waals surface area contributed by atoms with Crippen LogP contribution < -0.4 is 0 Å². The highest BCUT2D eigenvalue weighted by atomic mass is 16.5. The third-order valence-electron chi connectivity index (χ3n) is 2.82. The minimum atomic E-state index is -0.831. The Balaban J connectivity index is 4.50. The summed E-state index contributed by atoms with van der Waals surface area (Å²) in [6.45, 7) is 5.71. The van der Waals surface area contributed by atoms with Crippen molar-refractivity contribution in [1.29, 1.82) is 0 Å². The summed E-state index contributed by atoms with van der Waals surface area (Å²) in [5, 5.41) is 8.61. The molecule has 0 bridgehead atoms. The van der Waals surface area contributed by atoms with Gasteiger partial charge in [-0.05, 0) is 18.3 Å². The van der Waals surface area contributed by atoms with Gasteiger partial charge in [0.05, 0.1) is 13.0 Å². The predicted octanol–water partition coefficient (Wildman–Crippen LogP) is 2.08. The fourth-order valence-corrected chi connectivity index (χ4v) is 1.78. The molecule has 0 aliphatic rings. The number of aliphatic carboxylic acids is 1. The van der Waals surface area contributed by atoms with Gasteiger partial charge in [0.1, 0.15) is 0 Å². The zero-order valence-electron chi connectivity index (χ0n) is 9.87. The molecule has 0 aromatic rings. The second-order valence-electron chi connectivity index (χ2n) is 4.37. The number of carbonyl (C=O) groups excluding carboxylic acids is 1. The zero-order chi connectivity index (χ0) is 12.1. The molecule has 0 spiro atoms.